The van der Waals surface area contributed by atoms with Crippen molar-refractivity contribution in [2.24, 2.45) is 5.92 Å². The van der Waals surface area contributed by atoms with E-state index in [1.54, 1.807) is 24.3 Å². The SMILES string of the molecule is CC(C)CNC(=O)[C@@H](Cc1ccccc1)N(Cc1ccccc1F)C(=O)CN1C(=O)c2cccc3cccc1c23. The Kier molecular flexibility index (Phi) is 7.91. The van der Waals surface area contributed by atoms with Crippen LogP contribution in [0.1, 0.15) is 35.3 Å². The van der Waals surface area contributed by atoms with Crippen LogP contribution in [0.4, 0.5) is 10.1 Å². The zero-order chi connectivity index (χ0) is 28.2. The van der Waals surface area contributed by atoms with Crippen LogP contribution < -0.4 is 10.2 Å². The van der Waals surface area contributed by atoms with E-state index in [4.69, 9.17) is 0 Å². The molecule has 1 aliphatic heterocycles. The second-order valence-electron chi connectivity index (χ2n) is 10.5. The number of hydrogen-bond acceptors (Lipinski definition) is 3. The highest BCUT2D eigenvalue weighted by molar-refractivity contribution is 6.26. The van der Waals surface area contributed by atoms with E-state index < -0.39 is 17.8 Å². The van der Waals surface area contributed by atoms with Crippen molar-refractivity contribution in [1.29, 1.82) is 0 Å². The molecule has 1 N–H and O–H groups in total. The molecule has 0 saturated heterocycles. The van der Waals surface area contributed by atoms with Crippen LogP contribution in [0.25, 0.3) is 10.8 Å². The normalized spacial score (nSPS) is 13.1. The van der Waals surface area contributed by atoms with Crippen molar-refractivity contribution < 1.29 is 18.8 Å². The van der Waals surface area contributed by atoms with Crippen LogP contribution in [0.2, 0.25) is 0 Å². The lowest BCUT2D eigenvalue weighted by molar-refractivity contribution is -0.140. The molecule has 204 valence electrons. The highest BCUT2D eigenvalue weighted by Gasteiger charge is 2.36. The van der Waals surface area contributed by atoms with Crippen molar-refractivity contribution in [2.45, 2.75) is 32.9 Å². The van der Waals surface area contributed by atoms with Crippen molar-refractivity contribution in [1.82, 2.24) is 10.2 Å². The van der Waals surface area contributed by atoms with Gasteiger partial charge in [-0.3, -0.25) is 19.3 Å². The van der Waals surface area contributed by atoms with E-state index in [2.05, 4.69) is 5.32 Å². The molecule has 5 rings (SSSR count). The molecule has 0 spiro atoms. The van der Waals surface area contributed by atoms with E-state index in [9.17, 15) is 18.8 Å². The molecular formula is C33H32FN3O3. The second-order valence-corrected chi connectivity index (χ2v) is 10.5. The van der Waals surface area contributed by atoms with Crippen LogP contribution in [0.3, 0.4) is 0 Å². The van der Waals surface area contributed by atoms with Gasteiger partial charge in [-0.25, -0.2) is 4.39 Å². The number of hydrogen-bond donors (Lipinski definition) is 1. The number of amides is 3. The fraction of sp³-hybridized carbons (Fsp3) is 0.242. The first kappa shape index (κ1) is 27.1. The Morgan fingerprint density at radius 2 is 1.60 bits per heavy atom. The van der Waals surface area contributed by atoms with Crippen molar-refractivity contribution in [2.75, 3.05) is 18.0 Å². The predicted molar refractivity (Wildman–Crippen MR) is 154 cm³/mol. The molecule has 0 aromatic heterocycles. The third-order valence-corrected chi connectivity index (χ3v) is 7.20. The fourth-order valence-corrected chi connectivity index (χ4v) is 5.15. The summed E-state index contributed by atoms with van der Waals surface area (Å²) in [5, 5.41) is 4.68. The lowest BCUT2D eigenvalue weighted by atomic mass is 10.0. The lowest BCUT2D eigenvalue weighted by Crippen LogP contribution is -2.53. The van der Waals surface area contributed by atoms with Crippen LogP contribution in [0.5, 0.6) is 0 Å². The molecule has 0 aliphatic carbocycles. The first-order valence-electron chi connectivity index (χ1n) is 13.5. The Balaban J connectivity index is 1.51. The lowest BCUT2D eigenvalue weighted by Gasteiger charge is -2.33. The Hall–Kier alpha value is -4.52. The van der Waals surface area contributed by atoms with Crippen molar-refractivity contribution >= 4 is 34.2 Å². The molecule has 3 amide bonds. The average Bonchev–Trinajstić information content (AvgIpc) is 3.23. The number of nitrogens with one attached hydrogen (secondary N) is 1. The van der Waals surface area contributed by atoms with Crippen LogP contribution in [-0.4, -0.2) is 41.8 Å². The summed E-state index contributed by atoms with van der Waals surface area (Å²) in [6.45, 7) is 4.03. The van der Waals surface area contributed by atoms with Gasteiger partial charge in [0, 0.05) is 36.0 Å². The molecule has 1 atom stereocenters. The van der Waals surface area contributed by atoms with Gasteiger partial charge < -0.3 is 10.2 Å². The van der Waals surface area contributed by atoms with Crippen LogP contribution in [0.15, 0.2) is 91.0 Å². The number of anilines is 1. The highest BCUT2D eigenvalue weighted by atomic mass is 19.1. The number of nitrogens with zero attached hydrogens (tertiary/aromatic N) is 2. The fourth-order valence-electron chi connectivity index (χ4n) is 5.15. The minimum absolute atomic E-state index is 0.114. The quantitative estimate of drug-likeness (QED) is 0.297. The molecule has 0 unspecified atom stereocenters. The summed E-state index contributed by atoms with van der Waals surface area (Å²) in [6.07, 6.45) is 0.245. The minimum atomic E-state index is -0.913. The third kappa shape index (κ3) is 5.59. The van der Waals surface area contributed by atoms with E-state index in [1.807, 2.05) is 74.5 Å². The zero-order valence-electron chi connectivity index (χ0n) is 22.6. The largest absolute Gasteiger partial charge is 0.354 e. The number of halogens is 1. The molecule has 4 aromatic rings. The summed E-state index contributed by atoms with van der Waals surface area (Å²) >= 11 is 0. The molecule has 0 saturated carbocycles. The van der Waals surface area contributed by atoms with Gasteiger partial charge in [-0.1, -0.05) is 86.6 Å². The maximum absolute atomic E-state index is 14.9. The van der Waals surface area contributed by atoms with Crippen molar-refractivity contribution in [3.63, 3.8) is 0 Å². The van der Waals surface area contributed by atoms with Gasteiger partial charge in [0.25, 0.3) is 5.91 Å². The zero-order valence-corrected chi connectivity index (χ0v) is 22.6. The Labute approximate surface area is 233 Å². The first-order chi connectivity index (χ1) is 19.3. The molecule has 40 heavy (non-hydrogen) atoms. The molecule has 0 bridgehead atoms. The summed E-state index contributed by atoms with van der Waals surface area (Å²) in [7, 11) is 0. The second kappa shape index (κ2) is 11.7. The average molecular weight is 538 g/mol. The van der Waals surface area contributed by atoms with Gasteiger partial charge in [-0.05, 0) is 35.1 Å². The van der Waals surface area contributed by atoms with Gasteiger partial charge in [-0.2, -0.15) is 0 Å². The summed E-state index contributed by atoms with van der Waals surface area (Å²) in [5.41, 5.74) is 2.36. The number of rotatable bonds is 10. The monoisotopic (exact) mass is 537 g/mol. The topological polar surface area (TPSA) is 69.7 Å². The van der Waals surface area contributed by atoms with Crippen LogP contribution in [-0.2, 0) is 22.6 Å². The van der Waals surface area contributed by atoms with E-state index >= 15 is 0 Å². The van der Waals surface area contributed by atoms with Gasteiger partial charge in [0.15, 0.2) is 0 Å². The summed E-state index contributed by atoms with van der Waals surface area (Å²) in [6, 6.07) is 25.9. The summed E-state index contributed by atoms with van der Waals surface area (Å²) in [5.74, 6) is -1.29. The van der Waals surface area contributed by atoms with Crippen LogP contribution >= 0.6 is 0 Å². The van der Waals surface area contributed by atoms with Gasteiger partial charge in [0.2, 0.25) is 11.8 Å². The van der Waals surface area contributed by atoms with Gasteiger partial charge in [0.05, 0.1) is 5.69 Å². The van der Waals surface area contributed by atoms with Crippen LogP contribution in [0, 0.1) is 11.7 Å². The molecule has 7 heteroatoms. The Morgan fingerprint density at radius 3 is 2.33 bits per heavy atom. The van der Waals surface area contributed by atoms with Gasteiger partial charge in [0.1, 0.15) is 18.4 Å². The molecule has 4 aromatic carbocycles. The Morgan fingerprint density at radius 1 is 0.900 bits per heavy atom. The summed E-state index contributed by atoms with van der Waals surface area (Å²) in [4.78, 5) is 44.1. The molecule has 6 nitrogen and oxygen atoms in total. The van der Waals surface area contributed by atoms with Crippen molar-refractivity contribution in [3.05, 3.63) is 114 Å². The number of carbonyl (C=O) groups is 3. The maximum Gasteiger partial charge on any atom is 0.259 e. The minimum Gasteiger partial charge on any atom is -0.354 e. The smallest absolute Gasteiger partial charge is 0.259 e. The molecule has 0 fully saturated rings. The highest BCUT2D eigenvalue weighted by Crippen LogP contribution is 2.37. The Bertz CT molecular complexity index is 1550. The van der Waals surface area contributed by atoms with E-state index in [0.717, 1.165) is 16.3 Å². The molecule has 1 heterocycles. The summed E-state index contributed by atoms with van der Waals surface area (Å²) < 4.78 is 14.9. The molecular weight excluding hydrogens is 505 g/mol. The van der Waals surface area contributed by atoms with Gasteiger partial charge >= 0.3 is 0 Å². The standard InChI is InChI=1S/C33H32FN3O3/c1-22(2)19-35-32(39)29(18-23-10-4-3-5-11-23)36(20-25-12-6-7-16-27(25)34)30(38)21-37-28-17-9-14-24-13-8-15-26(31(24)28)33(37)40/h3-17,22,29H,18-21H2,1-2H3,(H,35,39)/t29-/m1/s1. The first-order valence-corrected chi connectivity index (χ1v) is 13.5. The van der Waals surface area contributed by atoms with Crippen molar-refractivity contribution in [3.8, 4) is 0 Å². The third-order valence-electron chi connectivity index (χ3n) is 7.20. The number of carbonyl (C=O) groups excluding carboxylic acids is 3. The van der Waals surface area contributed by atoms with E-state index in [0.29, 0.717) is 23.4 Å². The molecule has 1 aliphatic rings. The maximum atomic E-state index is 14.9. The molecule has 0 radical (unpaired) electrons. The van der Waals surface area contributed by atoms with E-state index in [-0.39, 0.29) is 37.2 Å². The predicted octanol–water partition coefficient (Wildman–Crippen LogP) is 5.35. The van der Waals surface area contributed by atoms with Gasteiger partial charge in [-0.15, -0.1) is 0 Å². The number of benzene rings is 4. The van der Waals surface area contributed by atoms with E-state index in [1.165, 1.54) is 15.9 Å².